The molecule has 1 aromatic heterocycles. The van der Waals surface area contributed by atoms with Gasteiger partial charge in [0.2, 0.25) is 11.9 Å². The minimum absolute atomic E-state index is 0.0104. The van der Waals surface area contributed by atoms with Crippen LogP contribution in [0, 0.1) is 10.1 Å². The minimum Gasteiger partial charge on any atom is -0.411 e. The second kappa shape index (κ2) is 9.29. The molecule has 0 radical (unpaired) electrons. The van der Waals surface area contributed by atoms with Crippen molar-refractivity contribution < 1.29 is 14.9 Å². The van der Waals surface area contributed by atoms with E-state index in [1.54, 1.807) is 31.5 Å². The lowest BCUT2D eigenvalue weighted by molar-refractivity contribution is -0.507. The van der Waals surface area contributed by atoms with Crippen LogP contribution >= 0.6 is 0 Å². The number of hydrogen-bond acceptors (Lipinski definition) is 6. The highest BCUT2D eigenvalue weighted by Crippen LogP contribution is 2.10. The van der Waals surface area contributed by atoms with E-state index in [4.69, 9.17) is 5.21 Å². The predicted molar refractivity (Wildman–Crippen MR) is 85.0 cm³/mol. The molecule has 1 unspecified atom stereocenters. The van der Waals surface area contributed by atoms with E-state index < -0.39 is 11.0 Å². The fraction of sp³-hybridized carbons (Fsp3) is 0.400. The van der Waals surface area contributed by atoms with Crippen LogP contribution in [-0.2, 0) is 11.2 Å². The summed E-state index contributed by atoms with van der Waals surface area (Å²) in [6.07, 6.45) is 5.25. The molecule has 1 atom stereocenters. The molecule has 23 heavy (non-hydrogen) atoms. The quantitative estimate of drug-likeness (QED) is 0.326. The first kappa shape index (κ1) is 18.3. The molecule has 1 amide bonds. The third-order valence-electron chi connectivity index (χ3n) is 3.30. The molecular formula is C15H20N4O4. The van der Waals surface area contributed by atoms with Crippen molar-refractivity contribution in [1.82, 2.24) is 10.3 Å². The van der Waals surface area contributed by atoms with Crippen LogP contribution in [0.3, 0.4) is 0 Å². The number of nitrogens with zero attached hydrogens (tertiary/aromatic N) is 3. The normalized spacial score (nSPS) is 13.5. The Labute approximate surface area is 134 Å². The highest BCUT2D eigenvalue weighted by molar-refractivity contribution is 5.98. The van der Waals surface area contributed by atoms with Crippen LogP contribution < -0.4 is 5.32 Å². The van der Waals surface area contributed by atoms with Gasteiger partial charge in [0.05, 0.1) is 18.7 Å². The van der Waals surface area contributed by atoms with E-state index in [2.05, 4.69) is 15.5 Å². The zero-order valence-electron chi connectivity index (χ0n) is 13.1. The number of carbonyl (C=O) groups excluding carboxylic acids is 1. The summed E-state index contributed by atoms with van der Waals surface area (Å²) in [7, 11) is 0. The van der Waals surface area contributed by atoms with E-state index in [-0.39, 0.29) is 24.6 Å². The van der Waals surface area contributed by atoms with Crippen LogP contribution in [0.15, 0.2) is 41.3 Å². The van der Waals surface area contributed by atoms with Crippen LogP contribution in [0.2, 0.25) is 0 Å². The van der Waals surface area contributed by atoms with E-state index in [1.807, 2.05) is 0 Å². The van der Waals surface area contributed by atoms with Gasteiger partial charge in [0.25, 0.3) is 0 Å². The first-order chi connectivity index (χ1) is 11.0. The molecule has 0 aliphatic heterocycles. The maximum absolute atomic E-state index is 11.8. The smallest absolute Gasteiger partial charge is 0.231 e. The van der Waals surface area contributed by atoms with Gasteiger partial charge in [-0.3, -0.25) is 19.9 Å². The maximum atomic E-state index is 11.8. The molecule has 1 rings (SSSR count). The number of nitrogens with one attached hydrogen (secondary N) is 1. The number of hydrogen-bond donors (Lipinski definition) is 2. The highest BCUT2D eigenvalue weighted by atomic mass is 16.6. The van der Waals surface area contributed by atoms with Gasteiger partial charge < -0.3 is 10.5 Å². The molecule has 0 spiro atoms. The predicted octanol–water partition coefficient (Wildman–Crippen LogP) is 1.57. The molecule has 0 aliphatic rings. The number of oxime groups is 1. The second-order valence-corrected chi connectivity index (χ2v) is 4.94. The highest BCUT2D eigenvalue weighted by Gasteiger charge is 2.18. The molecule has 1 aromatic rings. The van der Waals surface area contributed by atoms with Crippen LogP contribution in [0.25, 0.3) is 0 Å². The number of carbonyl (C=O) groups is 1. The Bertz CT molecular complexity index is 599. The number of pyridine rings is 1. The van der Waals surface area contributed by atoms with E-state index in [1.165, 1.54) is 13.0 Å². The van der Waals surface area contributed by atoms with Crippen molar-refractivity contribution >= 4 is 11.6 Å². The van der Waals surface area contributed by atoms with Crippen molar-refractivity contribution in [3.8, 4) is 0 Å². The number of aromatic nitrogens is 1. The third kappa shape index (κ3) is 6.25. The molecule has 2 N–H and O–H groups in total. The summed E-state index contributed by atoms with van der Waals surface area (Å²) < 4.78 is 0. The summed E-state index contributed by atoms with van der Waals surface area (Å²) in [6, 6.07) is 2.64. The Morgan fingerprint density at radius 3 is 2.87 bits per heavy atom. The van der Waals surface area contributed by atoms with E-state index >= 15 is 0 Å². The van der Waals surface area contributed by atoms with Gasteiger partial charge in [-0.25, -0.2) is 0 Å². The maximum Gasteiger partial charge on any atom is 0.231 e. The lowest BCUT2D eigenvalue weighted by Gasteiger charge is -2.09. The van der Waals surface area contributed by atoms with Crippen LogP contribution in [0.4, 0.5) is 0 Å². The molecular weight excluding hydrogens is 300 g/mol. The summed E-state index contributed by atoms with van der Waals surface area (Å²) in [4.78, 5) is 26.2. The van der Waals surface area contributed by atoms with Crippen molar-refractivity contribution in [2.75, 3.05) is 6.54 Å². The van der Waals surface area contributed by atoms with Gasteiger partial charge in [-0.1, -0.05) is 18.1 Å². The monoisotopic (exact) mass is 320 g/mol. The van der Waals surface area contributed by atoms with E-state index in [9.17, 15) is 14.9 Å². The second-order valence-electron chi connectivity index (χ2n) is 4.94. The SMILES string of the molecule is CCC(=CC(CNC(=O)Cc1cccnc1)=NO)C(C)[N+](=O)[O-]. The average Bonchev–Trinajstić information content (AvgIpc) is 2.55. The standard InChI is InChI=1S/C15H20N4O4/c1-3-13(11(2)19(22)23)8-14(18-21)10-17-15(20)7-12-5-4-6-16-9-12/h4-6,8-9,11,21H,3,7,10H2,1-2H3,(H,17,20). The van der Waals surface area contributed by atoms with Gasteiger partial charge in [0.15, 0.2) is 0 Å². The van der Waals surface area contributed by atoms with Gasteiger partial charge in [0, 0.05) is 29.8 Å². The largest absolute Gasteiger partial charge is 0.411 e. The molecule has 0 aromatic carbocycles. The van der Waals surface area contributed by atoms with Crippen LogP contribution in [0.5, 0.6) is 0 Å². The van der Waals surface area contributed by atoms with Gasteiger partial charge in [-0.15, -0.1) is 0 Å². The zero-order valence-corrected chi connectivity index (χ0v) is 13.1. The molecule has 0 aliphatic carbocycles. The summed E-state index contributed by atoms with van der Waals surface area (Å²) in [5.74, 6) is -0.257. The van der Waals surface area contributed by atoms with Crippen molar-refractivity contribution in [3.05, 3.63) is 51.9 Å². The zero-order chi connectivity index (χ0) is 17.2. The molecule has 0 saturated carbocycles. The van der Waals surface area contributed by atoms with Crippen LogP contribution in [0.1, 0.15) is 25.8 Å². The van der Waals surface area contributed by atoms with Crippen molar-refractivity contribution in [1.29, 1.82) is 0 Å². The van der Waals surface area contributed by atoms with Crippen molar-refractivity contribution in [3.63, 3.8) is 0 Å². The molecule has 0 bridgehead atoms. The van der Waals surface area contributed by atoms with Gasteiger partial charge in [-0.2, -0.15) is 0 Å². The molecule has 0 saturated heterocycles. The fourth-order valence-electron chi connectivity index (χ4n) is 1.92. The fourth-order valence-corrected chi connectivity index (χ4v) is 1.92. The Morgan fingerprint density at radius 1 is 1.61 bits per heavy atom. The first-order valence-corrected chi connectivity index (χ1v) is 7.18. The summed E-state index contributed by atoms with van der Waals surface area (Å²) >= 11 is 0. The Hall–Kier alpha value is -2.77. The lowest BCUT2D eigenvalue weighted by Crippen LogP contribution is -2.30. The molecule has 8 nitrogen and oxygen atoms in total. The van der Waals surface area contributed by atoms with Gasteiger partial charge in [-0.05, 0) is 24.1 Å². The average molecular weight is 320 g/mol. The summed E-state index contributed by atoms with van der Waals surface area (Å²) in [5, 5.41) is 25.5. The van der Waals surface area contributed by atoms with Crippen molar-refractivity contribution in [2.45, 2.75) is 32.7 Å². The topological polar surface area (TPSA) is 118 Å². The molecule has 0 fully saturated rings. The van der Waals surface area contributed by atoms with Crippen LogP contribution in [-0.4, -0.2) is 39.3 Å². The van der Waals surface area contributed by atoms with Crippen molar-refractivity contribution in [2.24, 2.45) is 5.16 Å². The number of amides is 1. The third-order valence-corrected chi connectivity index (χ3v) is 3.30. The van der Waals surface area contributed by atoms with Gasteiger partial charge in [0.1, 0.15) is 0 Å². The van der Waals surface area contributed by atoms with E-state index in [0.717, 1.165) is 5.56 Å². The Morgan fingerprint density at radius 2 is 2.35 bits per heavy atom. The summed E-state index contributed by atoms with van der Waals surface area (Å²) in [5.41, 5.74) is 1.44. The number of nitro groups is 1. The summed E-state index contributed by atoms with van der Waals surface area (Å²) in [6.45, 7) is 3.23. The molecule has 1 heterocycles. The number of rotatable bonds is 8. The lowest BCUT2D eigenvalue weighted by atomic mass is 10.0. The Balaban J connectivity index is 2.63. The Kier molecular flexibility index (Phi) is 7.38. The molecule has 8 heteroatoms. The molecule has 124 valence electrons. The minimum atomic E-state index is -0.872. The first-order valence-electron chi connectivity index (χ1n) is 7.18. The van der Waals surface area contributed by atoms with Gasteiger partial charge >= 0.3 is 0 Å². The van der Waals surface area contributed by atoms with E-state index in [0.29, 0.717) is 12.0 Å².